The number of hydrogen-bond acceptors (Lipinski definition) is 22. The van der Waals surface area contributed by atoms with Gasteiger partial charge in [-0.1, -0.05) is 61.4 Å². The Balaban J connectivity index is 2.79. The predicted molar refractivity (Wildman–Crippen MR) is 344 cm³/mol. The number of nitrogens with one attached hydrogen (secondary N) is 12. The second kappa shape index (κ2) is 43.2. The molecule has 1 aliphatic heterocycles. The van der Waals surface area contributed by atoms with Crippen molar-refractivity contribution in [2.45, 2.75) is 184 Å². The highest BCUT2D eigenvalue weighted by molar-refractivity contribution is 8.76. The number of aromatic hydroxyl groups is 1. The third kappa shape index (κ3) is 31.9. The molecule has 1 aromatic rings. The van der Waals surface area contributed by atoms with Gasteiger partial charge >= 0.3 is 5.97 Å². The van der Waals surface area contributed by atoms with Crippen molar-refractivity contribution in [2.24, 2.45) is 34.8 Å². The molecule has 1 heterocycles. The lowest BCUT2D eigenvalue weighted by atomic mass is 10.0. The molecule has 0 radical (unpaired) electrons. The van der Waals surface area contributed by atoms with E-state index in [9.17, 15) is 87.5 Å². The Morgan fingerprint density at radius 3 is 1.44 bits per heavy atom. The van der Waals surface area contributed by atoms with Gasteiger partial charge in [0.05, 0.1) is 31.9 Å². The Kier molecular flexibility index (Phi) is 37.8. The fourth-order valence-electron chi connectivity index (χ4n) is 9.12. The van der Waals surface area contributed by atoms with Crippen molar-refractivity contribution >= 4 is 104 Å². The minimum Gasteiger partial charge on any atom is -0.508 e. The summed E-state index contributed by atoms with van der Waals surface area (Å²) >= 11 is 0. The largest absolute Gasteiger partial charge is 0.508 e. The number of hydrogen-bond donors (Lipinski definition) is 22. The molecule has 1 aliphatic rings. The highest BCUT2D eigenvalue weighted by Crippen LogP contribution is 2.23. The second-order valence-corrected chi connectivity index (χ2v) is 26.1. The van der Waals surface area contributed by atoms with Gasteiger partial charge < -0.3 is 113 Å². The number of carboxylic acids is 1. The van der Waals surface area contributed by atoms with E-state index in [0.29, 0.717) is 24.9 Å². The summed E-state index contributed by atoms with van der Waals surface area (Å²) in [6.45, 7) is 6.32. The summed E-state index contributed by atoms with van der Waals surface area (Å²) < 4.78 is 0. The van der Waals surface area contributed by atoms with E-state index >= 15 is 0 Å². The molecule has 534 valence electrons. The Labute approximate surface area is 557 Å². The molecular formula is C57H98N18O18S2+2. The smallest absolute Gasteiger partial charge is 0.327 e. The molecule has 0 unspecified atom stereocenters. The number of rotatable bonds is 23. The maximum atomic E-state index is 14.4. The predicted octanol–water partition coefficient (Wildman–Crippen LogP) is -9.42. The summed E-state index contributed by atoms with van der Waals surface area (Å²) in [4.78, 5) is 191. The topological polar surface area (TPSA) is 624 Å². The number of benzene rings is 1. The van der Waals surface area contributed by atoms with Gasteiger partial charge in [0.15, 0.2) is 6.04 Å². The van der Waals surface area contributed by atoms with Gasteiger partial charge in [-0.25, -0.2) is 4.79 Å². The van der Waals surface area contributed by atoms with Crippen LogP contribution >= 0.6 is 21.6 Å². The normalized spacial score (nSPS) is 25.6. The van der Waals surface area contributed by atoms with E-state index < -0.39 is 200 Å². The molecular weight excluding hydrogens is 1290 g/mol. The van der Waals surface area contributed by atoms with Crippen LogP contribution in [0.3, 0.4) is 0 Å². The quantitative estimate of drug-likeness (QED) is 0.0275. The molecule has 0 aromatic heterocycles. The second-order valence-electron chi connectivity index (χ2n) is 23.6. The van der Waals surface area contributed by atoms with Crippen molar-refractivity contribution in [1.82, 2.24) is 63.8 Å². The zero-order valence-corrected chi connectivity index (χ0v) is 55.7. The molecule has 30 N–H and O–H groups in total. The van der Waals surface area contributed by atoms with Gasteiger partial charge in [-0.2, -0.15) is 0 Å². The van der Waals surface area contributed by atoms with E-state index in [-0.39, 0.29) is 68.2 Å². The SMILES string of the molecule is CC(C)C[C@@H]1NC(=O)[C@H](C)NC(=O)[C@H](CCCNC(N)N)NC(=O)[C@H](CO)NC(=O)[C@H](CO)NC(=O)[C@H](CC(C)C)NC(=O)[C@H](CC(N)=O)NC(=O)[C@H](Cc2ccc(O)cc2)NC(=O)[C@H](CCC(N)=O)NC(=O)[C@@H]([NH3+])CSSC[C@@H](C(=O)O)NC(=O)[C@H](CCCC[NH3+])NC1=O. The number of amides is 13. The van der Waals surface area contributed by atoms with Crippen LogP contribution in [0.1, 0.15) is 104 Å². The molecule has 38 heteroatoms. The summed E-state index contributed by atoms with van der Waals surface area (Å²) in [5, 5.41) is 70.5. The summed E-state index contributed by atoms with van der Waals surface area (Å²) in [7, 11) is 1.89. The highest BCUT2D eigenvalue weighted by atomic mass is 33.1. The maximum Gasteiger partial charge on any atom is 0.327 e. The molecule has 0 bridgehead atoms. The van der Waals surface area contributed by atoms with Gasteiger partial charge in [0.2, 0.25) is 70.9 Å². The van der Waals surface area contributed by atoms with Crippen molar-refractivity contribution in [3.63, 3.8) is 0 Å². The van der Waals surface area contributed by atoms with E-state index in [0.717, 1.165) is 21.6 Å². The third-order valence-corrected chi connectivity index (χ3v) is 16.8. The lowest BCUT2D eigenvalue weighted by molar-refractivity contribution is -0.396. The van der Waals surface area contributed by atoms with Gasteiger partial charge in [-0.3, -0.25) is 67.6 Å². The summed E-state index contributed by atoms with van der Waals surface area (Å²) in [6.07, 6.45) is -2.57. The van der Waals surface area contributed by atoms with Crippen LogP contribution in [0.25, 0.3) is 0 Å². The first kappa shape index (κ1) is 83.1. The van der Waals surface area contributed by atoms with Crippen LogP contribution < -0.4 is 98.2 Å². The standard InChI is InChI=1S/C57H96N18O18S2/c1-27(2)19-36-50(86)67-33(9-6-7-17-58)48(84)75-42(56(92)93)26-95-94-25-32(59)46(82)66-35(15-16-43(60)79)49(85)71-38(21-30-11-13-31(78)14-12-30)52(88)72-39(22-44(61)80)53(89)70-37(20-28(3)4)51(87)73-41(24-77)55(91)74-40(23-76)54(90)68-34(10-8-18-64-57(62)63)47(83)65-29(5)45(81)69-36/h11-14,27-29,32-42,57,64,76-78H,6-10,15-26,58-59,62-63H2,1-5H3,(H2,60,79)(H2,61,80)(H,65,83)(H,66,82)(H,67,86)(H,68,90)(H,69,81)(H,70,89)(H,71,85)(H,72,88)(H,73,87)(H,74,91)(H,75,84)(H,92,93)/p+2/t29-,32-,33-,34-,35-,36-,37-,38-,39-,40-,41-,42-/m0/s1. The summed E-state index contributed by atoms with van der Waals surface area (Å²) in [6, 6.07) is -13.6. The number of aliphatic carboxylic acids is 1. The van der Waals surface area contributed by atoms with Gasteiger partial charge in [-0.15, -0.1) is 0 Å². The highest BCUT2D eigenvalue weighted by Gasteiger charge is 2.37. The number of primary amides is 2. The van der Waals surface area contributed by atoms with E-state index in [1.54, 1.807) is 27.7 Å². The van der Waals surface area contributed by atoms with Crippen molar-refractivity contribution < 1.29 is 99.0 Å². The Hall–Kier alpha value is -7.98. The molecule has 12 atom stereocenters. The van der Waals surface area contributed by atoms with E-state index in [4.69, 9.17) is 22.9 Å². The van der Waals surface area contributed by atoms with Gasteiger partial charge in [0, 0.05) is 18.6 Å². The number of aliphatic hydroxyl groups is 2. The van der Waals surface area contributed by atoms with Crippen molar-refractivity contribution in [2.75, 3.05) is 37.8 Å². The van der Waals surface area contributed by atoms with Crippen LogP contribution in [0, 0.1) is 11.8 Å². The molecule has 0 saturated carbocycles. The van der Waals surface area contributed by atoms with E-state index in [1.807, 2.05) is 0 Å². The van der Waals surface area contributed by atoms with Crippen LogP contribution in [-0.4, -0.2) is 220 Å². The van der Waals surface area contributed by atoms with Crippen molar-refractivity contribution in [3.8, 4) is 5.75 Å². The molecule has 0 aliphatic carbocycles. The Morgan fingerprint density at radius 1 is 0.537 bits per heavy atom. The molecule has 95 heavy (non-hydrogen) atoms. The minimum absolute atomic E-state index is 0.00282. The lowest BCUT2D eigenvalue weighted by Gasteiger charge is -2.28. The molecule has 13 amide bonds. The fraction of sp³-hybridized carbons (Fsp3) is 0.649. The number of phenolic OH excluding ortho intramolecular Hbond substituents is 1. The number of carbonyl (C=O) groups excluding carboxylic acids is 13. The number of nitrogens with two attached hydrogens (primary N) is 4. The van der Waals surface area contributed by atoms with E-state index in [1.165, 1.54) is 31.2 Å². The van der Waals surface area contributed by atoms with E-state index in [2.05, 4.69) is 75.3 Å². The summed E-state index contributed by atoms with van der Waals surface area (Å²) in [5.74, 6) is -16.2. The first-order valence-corrected chi connectivity index (χ1v) is 33.4. The zero-order valence-electron chi connectivity index (χ0n) is 54.0. The molecule has 0 spiro atoms. The molecule has 36 nitrogen and oxygen atoms in total. The third-order valence-electron chi connectivity index (χ3n) is 14.3. The van der Waals surface area contributed by atoms with Gasteiger partial charge in [0.25, 0.3) is 5.91 Å². The molecule has 2 rings (SSSR count). The number of unbranched alkanes of at least 4 members (excludes halogenated alkanes) is 1. The average molecular weight is 1390 g/mol. The van der Waals surface area contributed by atoms with Crippen LogP contribution in [0.2, 0.25) is 0 Å². The number of carbonyl (C=O) groups is 14. The minimum atomic E-state index is -1.90. The first-order chi connectivity index (χ1) is 44.7. The zero-order chi connectivity index (χ0) is 71.6. The van der Waals surface area contributed by atoms with Crippen LogP contribution in [0.5, 0.6) is 5.75 Å². The maximum absolute atomic E-state index is 14.4. The fourth-order valence-corrected chi connectivity index (χ4v) is 11.5. The Morgan fingerprint density at radius 2 is 0.947 bits per heavy atom. The van der Waals surface area contributed by atoms with Crippen LogP contribution in [0.15, 0.2) is 24.3 Å². The number of carboxylic acid groups (broad SMARTS) is 1. The molecule has 1 aromatic carbocycles. The monoisotopic (exact) mass is 1390 g/mol. The number of phenols is 1. The van der Waals surface area contributed by atoms with Gasteiger partial charge in [0.1, 0.15) is 78.5 Å². The van der Waals surface area contributed by atoms with Crippen LogP contribution in [-0.2, 0) is 73.5 Å². The molecule has 1 saturated heterocycles. The lowest BCUT2D eigenvalue weighted by Crippen LogP contribution is -2.70. The summed E-state index contributed by atoms with van der Waals surface area (Å²) in [5.41, 5.74) is 30.2. The molecule has 1 fully saturated rings. The average Bonchev–Trinajstić information content (AvgIpc) is 1.26. The Bertz CT molecular complexity index is 2770. The number of quaternary nitrogens is 2. The number of aliphatic hydroxyl groups excluding tert-OH is 2. The van der Waals surface area contributed by atoms with Crippen molar-refractivity contribution in [1.29, 1.82) is 0 Å². The van der Waals surface area contributed by atoms with Crippen molar-refractivity contribution in [3.05, 3.63) is 29.8 Å². The first-order valence-electron chi connectivity index (χ1n) is 30.9. The van der Waals surface area contributed by atoms with Crippen LogP contribution in [0.4, 0.5) is 0 Å². The van der Waals surface area contributed by atoms with Gasteiger partial charge in [-0.05, 0) is 94.4 Å².